The molecular weight excluding hydrogens is 211 g/mol. The predicted octanol–water partition coefficient (Wildman–Crippen LogP) is 2.75. The Morgan fingerprint density at radius 3 is 2.69 bits per heavy atom. The van der Waals surface area contributed by atoms with E-state index >= 15 is 0 Å². The Balaban J connectivity index is 2.67. The molecule has 13 heavy (non-hydrogen) atoms. The molecule has 0 aliphatic heterocycles. The maximum absolute atomic E-state index is 8.97. The molecule has 0 aliphatic rings. The summed E-state index contributed by atoms with van der Waals surface area (Å²) in [5.74, 6) is 0.534. The van der Waals surface area contributed by atoms with Crippen molar-refractivity contribution in [2.45, 2.75) is 13.0 Å². The molecule has 0 heterocycles. The van der Waals surface area contributed by atoms with Crippen molar-refractivity contribution >= 4 is 23.2 Å². The number of ether oxygens (including phenoxy) is 1. The van der Waals surface area contributed by atoms with Crippen molar-refractivity contribution in [2.24, 2.45) is 0 Å². The second-order valence-corrected chi connectivity index (χ2v) is 3.58. The van der Waals surface area contributed by atoms with Crippen LogP contribution in [0.15, 0.2) is 18.2 Å². The first-order valence-electron chi connectivity index (χ1n) is 3.85. The van der Waals surface area contributed by atoms with Crippen LogP contribution in [0.3, 0.4) is 0 Å². The average Bonchev–Trinajstić information content (AvgIpc) is 2.02. The van der Waals surface area contributed by atoms with Crippen molar-refractivity contribution < 1.29 is 9.84 Å². The van der Waals surface area contributed by atoms with Crippen molar-refractivity contribution in [2.75, 3.05) is 6.61 Å². The lowest BCUT2D eigenvalue weighted by Gasteiger charge is -2.09. The summed E-state index contributed by atoms with van der Waals surface area (Å²) in [4.78, 5) is 0. The van der Waals surface area contributed by atoms with E-state index in [2.05, 4.69) is 0 Å². The molecule has 0 aromatic heterocycles. The fourth-order valence-corrected chi connectivity index (χ4v) is 1.27. The van der Waals surface area contributed by atoms with Gasteiger partial charge in [-0.05, 0) is 25.1 Å². The zero-order valence-electron chi connectivity index (χ0n) is 7.13. The number of aliphatic hydroxyl groups excluding tert-OH is 1. The number of rotatable bonds is 3. The van der Waals surface area contributed by atoms with Crippen molar-refractivity contribution in [3.05, 3.63) is 28.2 Å². The van der Waals surface area contributed by atoms with Crippen LogP contribution in [0.1, 0.15) is 6.92 Å². The first-order chi connectivity index (χ1) is 6.09. The lowest BCUT2D eigenvalue weighted by molar-refractivity contribution is 0.123. The summed E-state index contributed by atoms with van der Waals surface area (Å²) in [6.07, 6.45) is -0.508. The van der Waals surface area contributed by atoms with Gasteiger partial charge in [-0.3, -0.25) is 0 Å². The van der Waals surface area contributed by atoms with Crippen LogP contribution in [0.25, 0.3) is 0 Å². The van der Waals surface area contributed by atoms with Crippen LogP contribution >= 0.6 is 23.2 Å². The predicted molar refractivity (Wildman–Crippen MR) is 53.6 cm³/mol. The number of aliphatic hydroxyl groups is 1. The highest BCUT2D eigenvalue weighted by Crippen LogP contribution is 2.27. The van der Waals surface area contributed by atoms with Crippen molar-refractivity contribution in [1.29, 1.82) is 0 Å². The van der Waals surface area contributed by atoms with E-state index in [1.807, 2.05) is 0 Å². The molecule has 0 radical (unpaired) electrons. The monoisotopic (exact) mass is 220 g/mol. The van der Waals surface area contributed by atoms with Gasteiger partial charge in [-0.2, -0.15) is 0 Å². The van der Waals surface area contributed by atoms with E-state index in [1.165, 1.54) is 0 Å². The molecule has 0 saturated carbocycles. The Morgan fingerprint density at radius 1 is 1.46 bits per heavy atom. The Hall–Kier alpha value is -0.440. The minimum atomic E-state index is -0.508. The molecule has 1 N–H and O–H groups in total. The molecule has 1 atom stereocenters. The molecule has 0 bridgehead atoms. The van der Waals surface area contributed by atoms with Gasteiger partial charge in [0.1, 0.15) is 12.4 Å². The van der Waals surface area contributed by atoms with Gasteiger partial charge in [-0.15, -0.1) is 0 Å². The van der Waals surface area contributed by atoms with E-state index in [1.54, 1.807) is 25.1 Å². The topological polar surface area (TPSA) is 29.5 Å². The summed E-state index contributed by atoms with van der Waals surface area (Å²) < 4.78 is 5.21. The van der Waals surface area contributed by atoms with Gasteiger partial charge in [0, 0.05) is 5.02 Å². The minimum Gasteiger partial charge on any atom is -0.489 e. The maximum Gasteiger partial charge on any atom is 0.138 e. The van der Waals surface area contributed by atoms with Gasteiger partial charge in [0.25, 0.3) is 0 Å². The third-order valence-corrected chi connectivity index (χ3v) is 1.90. The minimum absolute atomic E-state index is 0.224. The number of hydrogen-bond acceptors (Lipinski definition) is 2. The molecule has 0 saturated heterocycles. The van der Waals surface area contributed by atoms with Crippen LogP contribution in [0.2, 0.25) is 10.0 Å². The van der Waals surface area contributed by atoms with E-state index in [4.69, 9.17) is 33.0 Å². The summed E-state index contributed by atoms with van der Waals surface area (Å²) in [7, 11) is 0. The fourth-order valence-electron chi connectivity index (χ4n) is 0.803. The standard InChI is InChI=1S/C9H10Cl2O2/c1-6(12)5-13-9-3-2-7(10)4-8(9)11/h2-4,6,12H,5H2,1H3. The molecule has 0 amide bonds. The molecule has 0 fully saturated rings. The Bertz CT molecular complexity index is 287. The van der Waals surface area contributed by atoms with Gasteiger partial charge < -0.3 is 9.84 Å². The Labute approximate surface area is 87.0 Å². The third-order valence-electron chi connectivity index (χ3n) is 1.37. The zero-order valence-corrected chi connectivity index (χ0v) is 8.64. The van der Waals surface area contributed by atoms with Crippen molar-refractivity contribution in [3.63, 3.8) is 0 Å². The third kappa shape index (κ3) is 3.43. The summed E-state index contributed by atoms with van der Waals surface area (Å²) >= 11 is 11.5. The summed E-state index contributed by atoms with van der Waals surface area (Å²) in [6.45, 7) is 1.87. The van der Waals surface area contributed by atoms with Gasteiger partial charge in [-0.25, -0.2) is 0 Å². The van der Waals surface area contributed by atoms with Crippen molar-refractivity contribution in [1.82, 2.24) is 0 Å². The van der Waals surface area contributed by atoms with Gasteiger partial charge >= 0.3 is 0 Å². The van der Waals surface area contributed by atoms with Crippen molar-refractivity contribution in [3.8, 4) is 5.75 Å². The summed E-state index contributed by atoms with van der Waals surface area (Å²) in [5, 5.41) is 9.98. The highest BCUT2D eigenvalue weighted by Gasteiger charge is 2.03. The van der Waals surface area contributed by atoms with Gasteiger partial charge in [0.15, 0.2) is 0 Å². The molecular formula is C9H10Cl2O2. The molecule has 1 aromatic rings. The molecule has 1 unspecified atom stereocenters. The Morgan fingerprint density at radius 2 is 2.15 bits per heavy atom. The first kappa shape index (κ1) is 10.6. The van der Waals surface area contributed by atoms with Crippen LogP contribution in [-0.2, 0) is 0 Å². The molecule has 1 rings (SSSR count). The van der Waals surface area contributed by atoms with Crippen LogP contribution < -0.4 is 4.74 Å². The average molecular weight is 221 g/mol. The van der Waals surface area contributed by atoms with Gasteiger partial charge in [0.2, 0.25) is 0 Å². The molecule has 1 aromatic carbocycles. The summed E-state index contributed by atoms with van der Waals surface area (Å²) in [6, 6.07) is 4.96. The van der Waals surface area contributed by atoms with E-state index in [0.717, 1.165) is 0 Å². The summed E-state index contributed by atoms with van der Waals surface area (Å²) in [5.41, 5.74) is 0. The van der Waals surface area contributed by atoms with E-state index < -0.39 is 6.10 Å². The number of benzene rings is 1. The number of hydrogen-bond donors (Lipinski definition) is 1. The van der Waals surface area contributed by atoms with E-state index in [-0.39, 0.29) is 6.61 Å². The lowest BCUT2D eigenvalue weighted by Crippen LogP contribution is -2.12. The molecule has 72 valence electrons. The van der Waals surface area contributed by atoms with Crippen LogP contribution in [-0.4, -0.2) is 17.8 Å². The quantitative estimate of drug-likeness (QED) is 0.850. The number of halogens is 2. The lowest BCUT2D eigenvalue weighted by atomic mass is 10.3. The molecule has 0 spiro atoms. The normalized spacial score (nSPS) is 12.6. The van der Waals surface area contributed by atoms with Gasteiger partial charge in [-0.1, -0.05) is 23.2 Å². The molecule has 4 heteroatoms. The Kier molecular flexibility index (Phi) is 3.85. The fraction of sp³-hybridized carbons (Fsp3) is 0.333. The smallest absolute Gasteiger partial charge is 0.138 e. The zero-order chi connectivity index (χ0) is 9.84. The van der Waals surface area contributed by atoms with Crippen LogP contribution in [0.5, 0.6) is 5.75 Å². The first-order valence-corrected chi connectivity index (χ1v) is 4.61. The van der Waals surface area contributed by atoms with Crippen LogP contribution in [0, 0.1) is 0 Å². The van der Waals surface area contributed by atoms with Gasteiger partial charge in [0.05, 0.1) is 11.1 Å². The molecule has 0 aliphatic carbocycles. The second kappa shape index (κ2) is 4.70. The van der Waals surface area contributed by atoms with Crippen LogP contribution in [0.4, 0.5) is 0 Å². The van der Waals surface area contributed by atoms with E-state index in [9.17, 15) is 0 Å². The SMILES string of the molecule is CC(O)COc1ccc(Cl)cc1Cl. The highest BCUT2D eigenvalue weighted by atomic mass is 35.5. The molecule has 2 nitrogen and oxygen atoms in total. The second-order valence-electron chi connectivity index (χ2n) is 2.73. The maximum atomic E-state index is 8.97. The highest BCUT2D eigenvalue weighted by molar-refractivity contribution is 6.35. The largest absolute Gasteiger partial charge is 0.489 e. The van der Waals surface area contributed by atoms with E-state index in [0.29, 0.717) is 15.8 Å².